The van der Waals surface area contributed by atoms with Gasteiger partial charge in [0.25, 0.3) is 0 Å². The fourth-order valence-electron chi connectivity index (χ4n) is 1.87. The van der Waals surface area contributed by atoms with Crippen molar-refractivity contribution >= 4 is 18.4 Å². The van der Waals surface area contributed by atoms with Gasteiger partial charge in [0.1, 0.15) is 0 Å². The van der Waals surface area contributed by atoms with Crippen LogP contribution < -0.4 is 5.32 Å². The second-order valence-corrected chi connectivity index (χ2v) is 3.87. The van der Waals surface area contributed by atoms with Crippen molar-refractivity contribution in [3.05, 3.63) is 0 Å². The van der Waals surface area contributed by atoms with Crippen molar-refractivity contribution in [2.75, 3.05) is 13.2 Å². The standard InChI is InChI=1S/C10H19NO2.ClH/c1-8-7-10(3-5-11-8)4-6-13-9(2)12;/h8,10-11H,3-7H2,1-2H3;1H/t8-,10?;/m1./s1. The maximum Gasteiger partial charge on any atom is 0.302 e. The molecule has 0 aromatic rings. The lowest BCUT2D eigenvalue weighted by molar-refractivity contribution is -0.141. The van der Waals surface area contributed by atoms with E-state index in [0.717, 1.165) is 18.9 Å². The van der Waals surface area contributed by atoms with Crippen LogP contribution in [0.3, 0.4) is 0 Å². The summed E-state index contributed by atoms with van der Waals surface area (Å²) in [4.78, 5) is 10.5. The van der Waals surface area contributed by atoms with E-state index in [1.165, 1.54) is 19.8 Å². The number of carbonyl (C=O) groups excluding carboxylic acids is 1. The van der Waals surface area contributed by atoms with Crippen LogP contribution in [0.5, 0.6) is 0 Å². The fourth-order valence-corrected chi connectivity index (χ4v) is 1.87. The molecule has 0 saturated carbocycles. The van der Waals surface area contributed by atoms with Crippen LogP contribution in [0, 0.1) is 5.92 Å². The number of hydrogen-bond acceptors (Lipinski definition) is 3. The molecule has 0 bridgehead atoms. The van der Waals surface area contributed by atoms with Gasteiger partial charge in [-0.1, -0.05) is 0 Å². The van der Waals surface area contributed by atoms with Crippen molar-refractivity contribution in [2.45, 2.75) is 39.2 Å². The number of nitrogens with one attached hydrogen (secondary N) is 1. The Labute approximate surface area is 92.0 Å². The van der Waals surface area contributed by atoms with Crippen molar-refractivity contribution in [1.82, 2.24) is 5.32 Å². The van der Waals surface area contributed by atoms with Gasteiger partial charge >= 0.3 is 5.97 Å². The third-order valence-corrected chi connectivity index (χ3v) is 2.56. The van der Waals surface area contributed by atoms with Crippen LogP contribution in [0.1, 0.15) is 33.1 Å². The summed E-state index contributed by atoms with van der Waals surface area (Å²) in [6.45, 7) is 5.36. The smallest absolute Gasteiger partial charge is 0.302 e. The Morgan fingerprint density at radius 1 is 1.57 bits per heavy atom. The number of hydrogen-bond donors (Lipinski definition) is 1. The average molecular weight is 222 g/mol. The van der Waals surface area contributed by atoms with Gasteiger partial charge in [-0.2, -0.15) is 0 Å². The van der Waals surface area contributed by atoms with Gasteiger partial charge in [-0.3, -0.25) is 4.79 Å². The zero-order chi connectivity index (χ0) is 9.68. The van der Waals surface area contributed by atoms with Crippen LogP contribution in [0.4, 0.5) is 0 Å². The highest BCUT2D eigenvalue weighted by Crippen LogP contribution is 2.19. The minimum absolute atomic E-state index is 0. The van der Waals surface area contributed by atoms with Gasteiger partial charge in [0, 0.05) is 13.0 Å². The van der Waals surface area contributed by atoms with Crippen molar-refractivity contribution < 1.29 is 9.53 Å². The highest BCUT2D eigenvalue weighted by atomic mass is 35.5. The van der Waals surface area contributed by atoms with Crippen molar-refractivity contribution in [2.24, 2.45) is 5.92 Å². The van der Waals surface area contributed by atoms with Crippen LogP contribution in [0.15, 0.2) is 0 Å². The van der Waals surface area contributed by atoms with Gasteiger partial charge in [-0.05, 0) is 38.6 Å². The van der Waals surface area contributed by atoms with Crippen molar-refractivity contribution in [1.29, 1.82) is 0 Å². The predicted molar refractivity (Wildman–Crippen MR) is 58.7 cm³/mol. The third kappa shape index (κ3) is 5.45. The van der Waals surface area contributed by atoms with Gasteiger partial charge in [-0.25, -0.2) is 0 Å². The lowest BCUT2D eigenvalue weighted by Gasteiger charge is -2.27. The average Bonchev–Trinajstić information content (AvgIpc) is 2.03. The number of esters is 1. The zero-order valence-electron chi connectivity index (χ0n) is 8.91. The molecule has 1 aliphatic heterocycles. The minimum atomic E-state index is -0.165. The Kier molecular flexibility index (Phi) is 6.93. The summed E-state index contributed by atoms with van der Waals surface area (Å²) in [6, 6.07) is 0.621. The molecule has 0 amide bonds. The highest BCUT2D eigenvalue weighted by Gasteiger charge is 2.17. The Balaban J connectivity index is 0.00000169. The van der Waals surface area contributed by atoms with E-state index in [1.54, 1.807) is 0 Å². The molecule has 0 aromatic carbocycles. The molecule has 0 spiro atoms. The maximum atomic E-state index is 10.5. The molecule has 1 saturated heterocycles. The normalized spacial score (nSPS) is 26.4. The Hall–Kier alpha value is -0.280. The van der Waals surface area contributed by atoms with Crippen LogP contribution >= 0.6 is 12.4 Å². The topological polar surface area (TPSA) is 38.3 Å². The zero-order valence-corrected chi connectivity index (χ0v) is 9.73. The fraction of sp³-hybridized carbons (Fsp3) is 0.900. The molecule has 3 nitrogen and oxygen atoms in total. The molecule has 2 atom stereocenters. The Morgan fingerprint density at radius 2 is 2.29 bits per heavy atom. The molecule has 1 unspecified atom stereocenters. The number of rotatable bonds is 3. The van der Waals surface area contributed by atoms with E-state index in [0.29, 0.717) is 12.6 Å². The Bertz CT molecular complexity index is 176. The monoisotopic (exact) mass is 221 g/mol. The van der Waals surface area contributed by atoms with Crippen LogP contribution in [0.2, 0.25) is 0 Å². The first-order valence-corrected chi connectivity index (χ1v) is 5.05. The molecule has 14 heavy (non-hydrogen) atoms. The number of piperidine rings is 1. The molecule has 1 heterocycles. The van der Waals surface area contributed by atoms with E-state index < -0.39 is 0 Å². The van der Waals surface area contributed by atoms with E-state index in [-0.39, 0.29) is 18.4 Å². The molecular weight excluding hydrogens is 202 g/mol. The lowest BCUT2D eigenvalue weighted by atomic mass is 9.91. The summed E-state index contributed by atoms with van der Waals surface area (Å²) in [6.07, 6.45) is 3.44. The highest BCUT2D eigenvalue weighted by molar-refractivity contribution is 5.85. The first-order chi connectivity index (χ1) is 6.18. The first-order valence-electron chi connectivity index (χ1n) is 5.05. The van der Waals surface area contributed by atoms with Gasteiger partial charge in [-0.15, -0.1) is 12.4 Å². The largest absolute Gasteiger partial charge is 0.466 e. The molecule has 0 aromatic heterocycles. The van der Waals surface area contributed by atoms with Crippen LogP contribution in [-0.2, 0) is 9.53 Å². The van der Waals surface area contributed by atoms with E-state index >= 15 is 0 Å². The summed E-state index contributed by atoms with van der Waals surface area (Å²) in [7, 11) is 0. The molecule has 0 radical (unpaired) electrons. The molecular formula is C10H20ClNO2. The lowest BCUT2D eigenvalue weighted by Crippen LogP contribution is -2.36. The molecule has 1 rings (SSSR count). The van der Waals surface area contributed by atoms with Gasteiger partial charge in [0.15, 0.2) is 0 Å². The minimum Gasteiger partial charge on any atom is -0.466 e. The van der Waals surface area contributed by atoms with E-state index in [1.807, 2.05) is 0 Å². The van der Waals surface area contributed by atoms with Crippen LogP contribution in [-0.4, -0.2) is 25.2 Å². The van der Waals surface area contributed by atoms with Gasteiger partial charge in [0.2, 0.25) is 0 Å². The van der Waals surface area contributed by atoms with Gasteiger partial charge < -0.3 is 10.1 Å². The number of carbonyl (C=O) groups is 1. The first kappa shape index (κ1) is 13.7. The second kappa shape index (κ2) is 7.07. The summed E-state index contributed by atoms with van der Waals surface area (Å²) >= 11 is 0. The third-order valence-electron chi connectivity index (χ3n) is 2.56. The van der Waals surface area contributed by atoms with Crippen LogP contribution in [0.25, 0.3) is 0 Å². The molecule has 0 aliphatic carbocycles. The summed E-state index contributed by atoms with van der Waals surface area (Å²) in [5.41, 5.74) is 0. The van der Waals surface area contributed by atoms with Gasteiger partial charge in [0.05, 0.1) is 6.61 Å². The van der Waals surface area contributed by atoms with E-state index in [4.69, 9.17) is 4.74 Å². The maximum absolute atomic E-state index is 10.5. The second-order valence-electron chi connectivity index (χ2n) is 3.87. The quantitative estimate of drug-likeness (QED) is 0.738. The van der Waals surface area contributed by atoms with E-state index in [2.05, 4.69) is 12.2 Å². The summed E-state index contributed by atoms with van der Waals surface area (Å²) in [5, 5.41) is 3.40. The molecule has 1 aliphatic rings. The number of halogens is 1. The molecule has 84 valence electrons. The molecule has 4 heteroatoms. The van der Waals surface area contributed by atoms with E-state index in [9.17, 15) is 4.79 Å². The Morgan fingerprint density at radius 3 is 2.86 bits per heavy atom. The summed E-state index contributed by atoms with van der Waals surface area (Å²) in [5.74, 6) is 0.567. The van der Waals surface area contributed by atoms with Crippen molar-refractivity contribution in [3.8, 4) is 0 Å². The SMILES string of the molecule is CC(=O)OCCC1CCN[C@H](C)C1.Cl. The molecule has 1 N–H and O–H groups in total. The molecule has 1 fully saturated rings. The number of ether oxygens (including phenoxy) is 1. The van der Waals surface area contributed by atoms with Crippen molar-refractivity contribution in [3.63, 3.8) is 0 Å². The predicted octanol–water partition coefficient (Wildman–Crippen LogP) is 1.75. The summed E-state index contributed by atoms with van der Waals surface area (Å²) < 4.78 is 4.92.